The second kappa shape index (κ2) is 8.18. The fourth-order valence-electron chi connectivity index (χ4n) is 3.57. The number of hydrogen-bond donors (Lipinski definition) is 1. The Hall–Kier alpha value is -1.92. The minimum absolute atomic E-state index is 0.0561. The number of aryl methyl sites for hydroxylation is 1. The van der Waals surface area contributed by atoms with E-state index in [1.165, 1.54) is 11.1 Å². The Bertz CT molecular complexity index is 651. The monoisotopic (exact) mass is 359 g/mol. The standard InChI is InChI=1S/C20H29N3O3/c1-15-5-3-4-6-17(15)13-21-9-11-22(12-10-21)19(24)14-23(18-7-8-18)16(2)20(25)26/h3-6,16,18H,7-14H2,1-2H3,(H,25,26). The number of piperazine rings is 1. The number of carboxylic acid groups (broad SMARTS) is 1. The van der Waals surface area contributed by atoms with Crippen molar-refractivity contribution in [3.63, 3.8) is 0 Å². The Balaban J connectivity index is 1.50. The van der Waals surface area contributed by atoms with Gasteiger partial charge in [-0.3, -0.25) is 19.4 Å². The first kappa shape index (κ1) is 18.9. The first-order chi connectivity index (χ1) is 12.5. The van der Waals surface area contributed by atoms with E-state index in [9.17, 15) is 14.7 Å². The van der Waals surface area contributed by atoms with Crippen LogP contribution >= 0.6 is 0 Å². The second-order valence-electron chi connectivity index (χ2n) is 7.50. The molecule has 1 unspecified atom stereocenters. The summed E-state index contributed by atoms with van der Waals surface area (Å²) in [5, 5.41) is 9.28. The average Bonchev–Trinajstić information content (AvgIpc) is 3.46. The van der Waals surface area contributed by atoms with Crippen LogP contribution in [0.1, 0.15) is 30.9 Å². The minimum Gasteiger partial charge on any atom is -0.480 e. The van der Waals surface area contributed by atoms with Crippen molar-refractivity contribution in [2.45, 2.75) is 45.3 Å². The number of hydrogen-bond acceptors (Lipinski definition) is 4. The van der Waals surface area contributed by atoms with Crippen LogP contribution in [0.5, 0.6) is 0 Å². The molecule has 1 amide bonds. The van der Waals surface area contributed by atoms with Gasteiger partial charge in [-0.05, 0) is 37.8 Å². The quantitative estimate of drug-likeness (QED) is 0.801. The van der Waals surface area contributed by atoms with Crippen LogP contribution in [0.3, 0.4) is 0 Å². The molecule has 1 N–H and O–H groups in total. The normalized spacial score (nSPS) is 19.6. The second-order valence-corrected chi connectivity index (χ2v) is 7.50. The summed E-state index contributed by atoms with van der Waals surface area (Å²) in [5.74, 6) is -0.798. The molecule has 2 fully saturated rings. The molecule has 1 aliphatic carbocycles. The van der Waals surface area contributed by atoms with Gasteiger partial charge in [0.15, 0.2) is 0 Å². The van der Waals surface area contributed by atoms with Crippen molar-refractivity contribution in [1.82, 2.24) is 14.7 Å². The minimum atomic E-state index is -0.854. The maximum Gasteiger partial charge on any atom is 0.320 e. The number of rotatable bonds is 7. The first-order valence-electron chi connectivity index (χ1n) is 9.49. The van der Waals surface area contributed by atoms with Crippen LogP contribution in [0, 0.1) is 6.92 Å². The van der Waals surface area contributed by atoms with Crippen LogP contribution in [0.15, 0.2) is 24.3 Å². The molecular formula is C20H29N3O3. The highest BCUT2D eigenvalue weighted by Gasteiger charge is 2.37. The molecule has 0 bridgehead atoms. The van der Waals surface area contributed by atoms with Crippen molar-refractivity contribution in [1.29, 1.82) is 0 Å². The molecule has 0 aromatic heterocycles. The molecule has 26 heavy (non-hydrogen) atoms. The van der Waals surface area contributed by atoms with Crippen LogP contribution in [-0.2, 0) is 16.1 Å². The topological polar surface area (TPSA) is 64.1 Å². The van der Waals surface area contributed by atoms with E-state index in [4.69, 9.17) is 0 Å². The van der Waals surface area contributed by atoms with E-state index in [-0.39, 0.29) is 18.5 Å². The molecule has 1 heterocycles. The van der Waals surface area contributed by atoms with Gasteiger partial charge < -0.3 is 10.0 Å². The molecule has 1 aromatic rings. The number of carbonyl (C=O) groups is 2. The summed E-state index contributed by atoms with van der Waals surface area (Å²) < 4.78 is 0. The molecule has 0 spiro atoms. The van der Waals surface area contributed by atoms with E-state index in [2.05, 4.69) is 36.1 Å². The van der Waals surface area contributed by atoms with Gasteiger partial charge in [0.25, 0.3) is 0 Å². The highest BCUT2D eigenvalue weighted by molar-refractivity contribution is 5.80. The first-order valence-corrected chi connectivity index (χ1v) is 9.49. The summed E-state index contributed by atoms with van der Waals surface area (Å²) in [6.45, 7) is 8.08. The summed E-state index contributed by atoms with van der Waals surface area (Å²) in [5.41, 5.74) is 2.64. The van der Waals surface area contributed by atoms with Gasteiger partial charge in [-0.1, -0.05) is 24.3 Å². The number of carbonyl (C=O) groups excluding carboxylic acids is 1. The Labute approximate surface area is 155 Å². The summed E-state index contributed by atoms with van der Waals surface area (Å²) in [7, 11) is 0. The molecule has 142 valence electrons. The van der Waals surface area contributed by atoms with Crippen molar-refractivity contribution >= 4 is 11.9 Å². The van der Waals surface area contributed by atoms with Crippen molar-refractivity contribution in [3.05, 3.63) is 35.4 Å². The van der Waals surface area contributed by atoms with Crippen molar-refractivity contribution in [2.75, 3.05) is 32.7 Å². The van der Waals surface area contributed by atoms with E-state index >= 15 is 0 Å². The molecular weight excluding hydrogens is 330 g/mol. The number of nitrogens with zero attached hydrogens (tertiary/aromatic N) is 3. The molecule has 2 aliphatic rings. The van der Waals surface area contributed by atoms with Gasteiger partial charge in [-0.25, -0.2) is 0 Å². The Morgan fingerprint density at radius 2 is 1.85 bits per heavy atom. The van der Waals surface area contributed by atoms with Gasteiger partial charge in [0.05, 0.1) is 6.54 Å². The van der Waals surface area contributed by atoms with Crippen LogP contribution in [0.2, 0.25) is 0 Å². The predicted molar refractivity (Wildman–Crippen MR) is 99.9 cm³/mol. The maximum absolute atomic E-state index is 12.7. The van der Waals surface area contributed by atoms with Crippen LogP contribution in [0.25, 0.3) is 0 Å². The van der Waals surface area contributed by atoms with Gasteiger partial charge in [0, 0.05) is 38.8 Å². The number of carboxylic acids is 1. The van der Waals surface area contributed by atoms with E-state index in [0.717, 1.165) is 32.5 Å². The largest absolute Gasteiger partial charge is 0.480 e. The molecule has 1 atom stereocenters. The molecule has 1 aromatic carbocycles. The third-order valence-electron chi connectivity index (χ3n) is 5.57. The van der Waals surface area contributed by atoms with Gasteiger partial charge in [0.1, 0.15) is 6.04 Å². The molecule has 1 saturated heterocycles. The van der Waals surface area contributed by atoms with Gasteiger partial charge in [-0.2, -0.15) is 0 Å². The highest BCUT2D eigenvalue weighted by Crippen LogP contribution is 2.28. The third kappa shape index (κ3) is 4.62. The van der Waals surface area contributed by atoms with Gasteiger partial charge in [-0.15, -0.1) is 0 Å². The Morgan fingerprint density at radius 3 is 2.42 bits per heavy atom. The summed E-state index contributed by atoms with van der Waals surface area (Å²) in [4.78, 5) is 30.1. The van der Waals surface area contributed by atoms with Crippen molar-refractivity contribution in [2.24, 2.45) is 0 Å². The lowest BCUT2D eigenvalue weighted by atomic mass is 10.1. The summed E-state index contributed by atoms with van der Waals surface area (Å²) >= 11 is 0. The smallest absolute Gasteiger partial charge is 0.320 e. The van der Waals surface area contributed by atoms with E-state index in [0.29, 0.717) is 13.1 Å². The van der Waals surface area contributed by atoms with Gasteiger partial charge in [0.2, 0.25) is 5.91 Å². The van der Waals surface area contributed by atoms with E-state index in [1.807, 2.05) is 9.80 Å². The van der Waals surface area contributed by atoms with Crippen LogP contribution in [-0.4, -0.2) is 76.5 Å². The fraction of sp³-hybridized carbons (Fsp3) is 0.600. The lowest BCUT2D eigenvalue weighted by Crippen LogP contribution is -2.53. The maximum atomic E-state index is 12.7. The molecule has 6 heteroatoms. The Morgan fingerprint density at radius 1 is 1.19 bits per heavy atom. The third-order valence-corrected chi connectivity index (χ3v) is 5.57. The van der Waals surface area contributed by atoms with Crippen LogP contribution < -0.4 is 0 Å². The Kier molecular flexibility index (Phi) is 5.94. The van der Waals surface area contributed by atoms with Crippen molar-refractivity contribution < 1.29 is 14.7 Å². The van der Waals surface area contributed by atoms with Gasteiger partial charge >= 0.3 is 5.97 Å². The fourth-order valence-corrected chi connectivity index (χ4v) is 3.57. The molecule has 1 saturated carbocycles. The highest BCUT2D eigenvalue weighted by atomic mass is 16.4. The van der Waals surface area contributed by atoms with E-state index < -0.39 is 12.0 Å². The molecule has 0 radical (unpaired) electrons. The zero-order valence-corrected chi connectivity index (χ0v) is 15.7. The average molecular weight is 359 g/mol. The molecule has 6 nitrogen and oxygen atoms in total. The lowest BCUT2D eigenvalue weighted by Gasteiger charge is -2.36. The lowest BCUT2D eigenvalue weighted by molar-refractivity contribution is -0.144. The summed E-state index contributed by atoms with van der Waals surface area (Å²) in [6.07, 6.45) is 1.99. The molecule has 3 rings (SSSR count). The number of aliphatic carboxylic acids is 1. The predicted octanol–water partition coefficient (Wildman–Crippen LogP) is 1.58. The van der Waals surface area contributed by atoms with Crippen molar-refractivity contribution in [3.8, 4) is 0 Å². The number of benzene rings is 1. The number of amides is 1. The van der Waals surface area contributed by atoms with Crippen LogP contribution in [0.4, 0.5) is 0 Å². The SMILES string of the molecule is Cc1ccccc1CN1CCN(C(=O)CN(C2CC2)C(C)C(=O)O)CC1. The van der Waals surface area contributed by atoms with E-state index in [1.54, 1.807) is 6.92 Å². The zero-order valence-electron chi connectivity index (χ0n) is 15.7. The summed E-state index contributed by atoms with van der Waals surface area (Å²) in [6, 6.07) is 8.07. The zero-order chi connectivity index (χ0) is 18.7. The molecule has 1 aliphatic heterocycles.